The van der Waals surface area contributed by atoms with Crippen molar-refractivity contribution in [3.8, 4) is 0 Å². The van der Waals surface area contributed by atoms with E-state index in [1.165, 1.54) is 25.7 Å². The van der Waals surface area contributed by atoms with Crippen molar-refractivity contribution < 1.29 is 0 Å². The van der Waals surface area contributed by atoms with Crippen molar-refractivity contribution in [3.63, 3.8) is 0 Å². The summed E-state index contributed by atoms with van der Waals surface area (Å²) < 4.78 is 0. The average molecular weight is 204 g/mol. The van der Waals surface area contributed by atoms with Crippen LogP contribution in [0.25, 0.3) is 0 Å². The molecule has 2 aliphatic rings. The summed E-state index contributed by atoms with van der Waals surface area (Å²) in [4.78, 5) is 0. The highest BCUT2D eigenvalue weighted by Crippen LogP contribution is 2.43. The third-order valence-electron chi connectivity index (χ3n) is 4.30. The second-order valence-corrected chi connectivity index (χ2v) is 5.81. The third-order valence-corrected chi connectivity index (χ3v) is 4.30. The molecule has 3 unspecified atom stereocenters. The fourth-order valence-corrected chi connectivity index (χ4v) is 3.37. The van der Waals surface area contributed by atoms with Gasteiger partial charge in [-0.3, -0.25) is 0 Å². The summed E-state index contributed by atoms with van der Waals surface area (Å²) in [6.45, 7) is 7.22. The van der Waals surface area contributed by atoms with Crippen LogP contribution in [0.3, 0.4) is 0 Å². The van der Waals surface area contributed by atoms with Crippen LogP contribution >= 0.6 is 0 Å². The lowest BCUT2D eigenvalue weighted by Crippen LogP contribution is -2.28. The average Bonchev–Trinajstić information content (AvgIpc) is 2.69. The zero-order valence-electron chi connectivity index (χ0n) is 10.4. The van der Waals surface area contributed by atoms with Crippen molar-refractivity contribution in [2.24, 2.45) is 23.7 Å². The molecule has 15 heavy (non-hydrogen) atoms. The van der Waals surface area contributed by atoms with E-state index in [1.807, 2.05) is 0 Å². The van der Waals surface area contributed by atoms with Crippen molar-refractivity contribution in [1.29, 1.82) is 0 Å². The van der Waals surface area contributed by atoms with E-state index < -0.39 is 0 Å². The molecule has 3 atom stereocenters. The maximum absolute atomic E-state index is 2.42. The quantitative estimate of drug-likeness (QED) is 0.617. The second-order valence-electron chi connectivity index (χ2n) is 5.81. The molecular formula is C15H24. The highest BCUT2D eigenvalue weighted by Gasteiger charge is 2.32. The lowest BCUT2D eigenvalue weighted by Gasteiger charge is -2.38. The van der Waals surface area contributed by atoms with Gasteiger partial charge in [0.2, 0.25) is 0 Å². The Kier molecular flexibility index (Phi) is 3.33. The highest BCUT2D eigenvalue weighted by atomic mass is 14.4. The largest absolute Gasteiger partial charge is 0.0805 e. The van der Waals surface area contributed by atoms with Crippen LogP contribution in [0.2, 0.25) is 0 Å². The fraction of sp³-hybridized carbons (Fsp3) is 0.733. The van der Waals surface area contributed by atoms with E-state index in [9.17, 15) is 0 Å². The lowest BCUT2D eigenvalue weighted by atomic mass is 9.67. The summed E-state index contributed by atoms with van der Waals surface area (Å²) >= 11 is 0. The van der Waals surface area contributed by atoms with Crippen LogP contribution in [0.15, 0.2) is 23.8 Å². The first-order chi connectivity index (χ1) is 7.18. The van der Waals surface area contributed by atoms with Gasteiger partial charge < -0.3 is 0 Å². The van der Waals surface area contributed by atoms with Gasteiger partial charge in [0.25, 0.3) is 0 Å². The van der Waals surface area contributed by atoms with Crippen LogP contribution in [-0.2, 0) is 0 Å². The molecule has 1 saturated carbocycles. The molecule has 0 heteroatoms. The third kappa shape index (κ3) is 2.35. The first kappa shape index (κ1) is 11.0. The minimum absolute atomic E-state index is 0.851. The normalized spacial score (nSPS) is 36.0. The molecular weight excluding hydrogens is 180 g/mol. The SMILES string of the molecule is CC1CCC(C(C)C)C(C2=CC=CC2)C1. The topological polar surface area (TPSA) is 0 Å². The number of hydrogen-bond donors (Lipinski definition) is 0. The lowest BCUT2D eigenvalue weighted by molar-refractivity contribution is 0.169. The van der Waals surface area contributed by atoms with Crippen molar-refractivity contribution in [2.75, 3.05) is 0 Å². The number of hydrogen-bond acceptors (Lipinski definition) is 0. The molecule has 0 aromatic heterocycles. The van der Waals surface area contributed by atoms with Crippen LogP contribution in [0.5, 0.6) is 0 Å². The molecule has 0 N–H and O–H groups in total. The van der Waals surface area contributed by atoms with Crippen LogP contribution in [0.4, 0.5) is 0 Å². The molecule has 0 nitrogen and oxygen atoms in total. The summed E-state index contributed by atoms with van der Waals surface area (Å²) in [6, 6.07) is 0. The van der Waals surface area contributed by atoms with Gasteiger partial charge in [0.1, 0.15) is 0 Å². The molecule has 0 aliphatic heterocycles. The van der Waals surface area contributed by atoms with E-state index in [1.54, 1.807) is 5.57 Å². The van der Waals surface area contributed by atoms with Gasteiger partial charge in [-0.25, -0.2) is 0 Å². The Morgan fingerprint density at radius 1 is 1.27 bits per heavy atom. The minimum Gasteiger partial charge on any atom is -0.0805 e. The maximum atomic E-state index is 2.42. The first-order valence-electron chi connectivity index (χ1n) is 6.54. The molecule has 0 spiro atoms. The number of rotatable bonds is 2. The fourth-order valence-electron chi connectivity index (χ4n) is 3.37. The monoisotopic (exact) mass is 204 g/mol. The Hall–Kier alpha value is -0.520. The molecule has 0 amide bonds. The molecule has 0 radical (unpaired) electrons. The van der Waals surface area contributed by atoms with Crippen LogP contribution in [-0.4, -0.2) is 0 Å². The van der Waals surface area contributed by atoms with Gasteiger partial charge in [0, 0.05) is 0 Å². The Balaban J connectivity index is 2.09. The summed E-state index contributed by atoms with van der Waals surface area (Å²) in [6.07, 6.45) is 12.5. The van der Waals surface area contributed by atoms with Crippen molar-refractivity contribution in [2.45, 2.75) is 46.5 Å². The Morgan fingerprint density at radius 3 is 2.67 bits per heavy atom. The van der Waals surface area contributed by atoms with E-state index in [-0.39, 0.29) is 0 Å². The smallest absolute Gasteiger partial charge is 0.0130 e. The predicted molar refractivity (Wildman–Crippen MR) is 66.7 cm³/mol. The molecule has 84 valence electrons. The summed E-state index contributed by atoms with van der Waals surface area (Å²) in [7, 11) is 0. The Labute approximate surface area is 94.5 Å². The Morgan fingerprint density at radius 2 is 2.07 bits per heavy atom. The van der Waals surface area contributed by atoms with Crippen molar-refractivity contribution >= 4 is 0 Å². The Bertz CT molecular complexity index is 270. The minimum atomic E-state index is 0.851. The van der Waals surface area contributed by atoms with Crippen LogP contribution in [0, 0.1) is 23.7 Å². The van der Waals surface area contributed by atoms with Gasteiger partial charge >= 0.3 is 0 Å². The van der Waals surface area contributed by atoms with Crippen molar-refractivity contribution in [3.05, 3.63) is 23.8 Å². The highest BCUT2D eigenvalue weighted by molar-refractivity contribution is 5.26. The van der Waals surface area contributed by atoms with E-state index >= 15 is 0 Å². The maximum Gasteiger partial charge on any atom is -0.0130 e. The van der Waals surface area contributed by atoms with Crippen LogP contribution < -0.4 is 0 Å². The van der Waals surface area contributed by atoms with E-state index in [0.717, 1.165) is 23.7 Å². The standard InChI is InChI=1S/C15H24/c1-11(2)14-9-8-12(3)10-15(14)13-6-4-5-7-13/h4-6,11-12,14-15H,7-10H2,1-3H3. The first-order valence-corrected chi connectivity index (χ1v) is 6.54. The zero-order chi connectivity index (χ0) is 10.8. The zero-order valence-corrected chi connectivity index (χ0v) is 10.4. The molecule has 0 aromatic rings. The number of allylic oxidation sites excluding steroid dienone is 4. The van der Waals surface area contributed by atoms with Gasteiger partial charge in [-0.05, 0) is 42.9 Å². The predicted octanol–water partition coefficient (Wildman–Crippen LogP) is 4.58. The molecule has 2 aliphatic carbocycles. The molecule has 0 heterocycles. The van der Waals surface area contributed by atoms with Crippen LogP contribution in [0.1, 0.15) is 46.5 Å². The second kappa shape index (κ2) is 4.55. The summed E-state index contributed by atoms with van der Waals surface area (Å²) in [5, 5.41) is 0. The van der Waals surface area contributed by atoms with E-state index in [2.05, 4.69) is 39.0 Å². The molecule has 1 fully saturated rings. The van der Waals surface area contributed by atoms with Gasteiger partial charge in [0.15, 0.2) is 0 Å². The van der Waals surface area contributed by atoms with Gasteiger partial charge in [0.05, 0.1) is 0 Å². The van der Waals surface area contributed by atoms with E-state index in [0.29, 0.717) is 0 Å². The molecule has 2 rings (SSSR count). The van der Waals surface area contributed by atoms with Gasteiger partial charge in [-0.15, -0.1) is 0 Å². The van der Waals surface area contributed by atoms with Gasteiger partial charge in [-0.2, -0.15) is 0 Å². The van der Waals surface area contributed by atoms with Gasteiger partial charge in [-0.1, -0.05) is 51.0 Å². The van der Waals surface area contributed by atoms with Crippen molar-refractivity contribution in [1.82, 2.24) is 0 Å². The summed E-state index contributed by atoms with van der Waals surface area (Å²) in [5.41, 5.74) is 1.71. The molecule has 0 bridgehead atoms. The van der Waals surface area contributed by atoms with E-state index in [4.69, 9.17) is 0 Å². The molecule has 0 aromatic carbocycles. The summed E-state index contributed by atoms with van der Waals surface area (Å²) in [5.74, 6) is 3.60. The molecule has 0 saturated heterocycles.